The van der Waals surface area contributed by atoms with E-state index in [1.165, 1.54) is 0 Å². The van der Waals surface area contributed by atoms with E-state index in [1.807, 2.05) is 19.9 Å². The van der Waals surface area contributed by atoms with Crippen molar-refractivity contribution in [3.63, 3.8) is 0 Å². The third kappa shape index (κ3) is 2.64. The lowest BCUT2D eigenvalue weighted by Crippen LogP contribution is -2.64. The molecule has 1 aliphatic heterocycles. The minimum atomic E-state index is -2.28. The normalized spacial score (nSPS) is 49.1. The lowest BCUT2D eigenvalue weighted by atomic mass is 9.59. The van der Waals surface area contributed by atoms with Gasteiger partial charge in [-0.25, -0.2) is 4.79 Å². The summed E-state index contributed by atoms with van der Waals surface area (Å²) in [6, 6.07) is 0. The number of hydrogen-bond donors (Lipinski definition) is 1. The quantitative estimate of drug-likeness (QED) is 0.329. The Morgan fingerprint density at radius 3 is 2.38 bits per heavy atom. The molecule has 2 bridgehead atoms. The number of carbonyl (C=O) groups excluding carboxylic acids is 2. The van der Waals surface area contributed by atoms with Crippen molar-refractivity contribution in [1.29, 1.82) is 0 Å². The molecular formula is C27H42O6Si. The summed E-state index contributed by atoms with van der Waals surface area (Å²) in [5.41, 5.74) is -1.81. The second-order valence-electron chi connectivity index (χ2n) is 14.0. The Balaban J connectivity index is 1.76. The Kier molecular flexibility index (Phi) is 4.88. The molecule has 4 aliphatic carbocycles. The first kappa shape index (κ1) is 24.5. The van der Waals surface area contributed by atoms with E-state index in [1.54, 1.807) is 0 Å². The van der Waals surface area contributed by atoms with Crippen LogP contribution in [0.3, 0.4) is 0 Å². The van der Waals surface area contributed by atoms with Crippen LogP contribution in [0.1, 0.15) is 61.8 Å². The van der Waals surface area contributed by atoms with Crippen LogP contribution in [-0.4, -0.2) is 49.3 Å². The fraction of sp³-hybridized carbons (Fsp3) is 0.852. The van der Waals surface area contributed by atoms with Crippen LogP contribution in [0.5, 0.6) is 0 Å². The van der Waals surface area contributed by atoms with Gasteiger partial charge in [-0.3, -0.25) is 4.79 Å². The van der Waals surface area contributed by atoms with Crippen molar-refractivity contribution in [3.8, 4) is 0 Å². The number of hydrogen-bond acceptors (Lipinski definition) is 6. The molecule has 5 aliphatic rings. The van der Waals surface area contributed by atoms with Crippen LogP contribution < -0.4 is 0 Å². The molecule has 5 rings (SSSR count). The molecular weight excluding hydrogens is 448 g/mol. The van der Waals surface area contributed by atoms with Crippen LogP contribution in [0.2, 0.25) is 18.1 Å². The highest BCUT2D eigenvalue weighted by Gasteiger charge is 2.82. The Labute approximate surface area is 204 Å². The first-order valence-corrected chi connectivity index (χ1v) is 15.8. The summed E-state index contributed by atoms with van der Waals surface area (Å²) in [6.07, 6.45) is -0.235. The van der Waals surface area contributed by atoms with Crippen molar-refractivity contribution >= 4 is 20.3 Å². The average Bonchev–Trinajstić information content (AvgIpc) is 3.00. The monoisotopic (exact) mass is 490 g/mol. The molecule has 3 saturated carbocycles. The van der Waals surface area contributed by atoms with Gasteiger partial charge in [0.15, 0.2) is 25.8 Å². The van der Waals surface area contributed by atoms with Crippen LogP contribution in [0.4, 0.5) is 4.79 Å². The third-order valence-corrected chi connectivity index (χ3v) is 15.5. The minimum Gasteiger partial charge on any atom is -0.426 e. The molecule has 2 unspecified atom stereocenters. The van der Waals surface area contributed by atoms with Gasteiger partial charge in [-0.1, -0.05) is 54.5 Å². The Morgan fingerprint density at radius 2 is 1.79 bits per heavy atom. The van der Waals surface area contributed by atoms with Crippen molar-refractivity contribution in [3.05, 3.63) is 11.6 Å². The number of Topliss-reactive ketones (excluding diaryl/α,β-unsaturated/α-hetero) is 1. The average molecular weight is 491 g/mol. The van der Waals surface area contributed by atoms with Gasteiger partial charge in [0.2, 0.25) is 0 Å². The van der Waals surface area contributed by atoms with Crippen LogP contribution >= 0.6 is 0 Å². The van der Waals surface area contributed by atoms with Gasteiger partial charge in [0.25, 0.3) is 0 Å². The van der Waals surface area contributed by atoms with Crippen molar-refractivity contribution in [2.75, 3.05) is 0 Å². The minimum absolute atomic E-state index is 0.0390. The first-order valence-electron chi connectivity index (χ1n) is 12.9. The van der Waals surface area contributed by atoms with Crippen LogP contribution in [-0.2, 0) is 18.7 Å². The Bertz CT molecular complexity index is 978. The number of carbonyl (C=O) groups is 2. The molecule has 0 aromatic heterocycles. The molecule has 0 aromatic carbocycles. The van der Waals surface area contributed by atoms with Crippen LogP contribution in [0.25, 0.3) is 0 Å². The largest absolute Gasteiger partial charge is 0.509 e. The molecule has 10 atom stereocenters. The van der Waals surface area contributed by atoms with Gasteiger partial charge in [0, 0.05) is 11.8 Å². The third-order valence-electron chi connectivity index (χ3n) is 11.0. The van der Waals surface area contributed by atoms with Crippen LogP contribution in [0.15, 0.2) is 11.6 Å². The van der Waals surface area contributed by atoms with E-state index in [-0.39, 0.29) is 39.9 Å². The molecule has 0 amide bonds. The fourth-order valence-corrected chi connectivity index (χ4v) is 9.49. The number of ketones is 1. The molecule has 1 saturated heterocycles. The lowest BCUT2D eigenvalue weighted by Gasteiger charge is -2.46. The predicted octanol–water partition coefficient (Wildman–Crippen LogP) is 5.11. The van der Waals surface area contributed by atoms with E-state index < -0.39 is 43.8 Å². The van der Waals surface area contributed by atoms with Crippen molar-refractivity contribution in [2.24, 2.45) is 40.4 Å². The van der Waals surface area contributed by atoms with Gasteiger partial charge in [0.1, 0.15) is 6.10 Å². The maximum Gasteiger partial charge on any atom is 0.509 e. The number of fused-ring (bicyclic) bond motifs is 3. The Hall–Kier alpha value is -1.18. The van der Waals surface area contributed by atoms with Gasteiger partial charge in [-0.05, 0) is 60.2 Å². The molecule has 1 N–H and O–H groups in total. The summed E-state index contributed by atoms with van der Waals surface area (Å²) in [6.45, 7) is 21.5. The van der Waals surface area contributed by atoms with Gasteiger partial charge >= 0.3 is 6.16 Å². The standard InChI is InChI=1S/C27H42O6Si/c1-13-12-26-14(2)11-16-18(25(16,7)8)17(21(26)29)19(33-34(9,10)24(4,5)6)15(3)22-27(26,20(13)28)32-23(30)31-22/h12,14-20,22,28H,11H2,1-10H3/t14-,15+,16-,17?,18-,19-,20?,22-,26+,27-/m1/s1. The summed E-state index contributed by atoms with van der Waals surface area (Å²) < 4.78 is 19.0. The second kappa shape index (κ2) is 6.77. The topological polar surface area (TPSA) is 82.1 Å². The zero-order chi connectivity index (χ0) is 25.4. The van der Waals surface area contributed by atoms with Crippen molar-refractivity contribution in [2.45, 2.75) is 104 Å². The molecule has 0 aromatic rings. The number of rotatable bonds is 2. The lowest BCUT2D eigenvalue weighted by molar-refractivity contribution is -0.163. The SMILES string of the molecule is CC1=C[C@]23C(=O)C([C@H](O[Si](C)(C)C(C)(C)C)[C@H](C)[C@H]4OC(=O)O[C@]42C1O)[C@H]1[C@@H](C[C@H]3C)C1(C)C. The smallest absolute Gasteiger partial charge is 0.426 e. The fourth-order valence-electron chi connectivity index (χ4n) is 8.10. The molecule has 34 heavy (non-hydrogen) atoms. The highest BCUT2D eigenvalue weighted by atomic mass is 28.4. The summed E-state index contributed by atoms with van der Waals surface area (Å²) in [7, 11) is -2.28. The van der Waals surface area contributed by atoms with E-state index in [4.69, 9.17) is 13.9 Å². The van der Waals surface area contributed by atoms with Crippen molar-refractivity contribution < 1.29 is 28.6 Å². The second-order valence-corrected chi connectivity index (χ2v) is 18.8. The number of aliphatic hydroxyl groups is 1. The molecule has 4 fully saturated rings. The molecule has 6 nitrogen and oxygen atoms in total. The van der Waals surface area contributed by atoms with E-state index in [2.05, 4.69) is 54.6 Å². The predicted molar refractivity (Wildman–Crippen MR) is 131 cm³/mol. The maximum atomic E-state index is 14.9. The first-order chi connectivity index (χ1) is 15.4. The van der Waals surface area contributed by atoms with Crippen LogP contribution in [0, 0.1) is 40.4 Å². The van der Waals surface area contributed by atoms with E-state index in [9.17, 15) is 14.7 Å². The summed E-state index contributed by atoms with van der Waals surface area (Å²) in [5, 5.41) is 11.5. The molecule has 190 valence electrons. The van der Waals surface area contributed by atoms with E-state index >= 15 is 0 Å². The highest BCUT2D eigenvalue weighted by Crippen LogP contribution is 2.74. The zero-order valence-electron chi connectivity index (χ0n) is 22.4. The zero-order valence-corrected chi connectivity index (χ0v) is 23.4. The Morgan fingerprint density at radius 1 is 1.18 bits per heavy atom. The van der Waals surface area contributed by atoms with E-state index in [0.29, 0.717) is 11.5 Å². The van der Waals surface area contributed by atoms with Gasteiger partial charge in [0.05, 0.1) is 11.5 Å². The van der Waals surface area contributed by atoms with E-state index in [0.717, 1.165) is 6.42 Å². The highest BCUT2D eigenvalue weighted by molar-refractivity contribution is 6.74. The van der Waals surface area contributed by atoms with Gasteiger partial charge in [-0.2, -0.15) is 0 Å². The summed E-state index contributed by atoms with van der Waals surface area (Å²) >= 11 is 0. The van der Waals surface area contributed by atoms with Crippen molar-refractivity contribution in [1.82, 2.24) is 0 Å². The summed E-state index contributed by atoms with van der Waals surface area (Å²) in [5.74, 6) is -0.0443. The number of ether oxygens (including phenoxy) is 2. The summed E-state index contributed by atoms with van der Waals surface area (Å²) in [4.78, 5) is 27.7. The number of aliphatic hydroxyl groups excluding tert-OH is 1. The van der Waals surface area contributed by atoms with Gasteiger partial charge in [-0.15, -0.1) is 0 Å². The molecule has 7 heteroatoms. The molecule has 2 spiro atoms. The molecule has 1 heterocycles. The molecule has 0 radical (unpaired) electrons. The maximum absolute atomic E-state index is 14.9. The van der Waals surface area contributed by atoms with Gasteiger partial charge < -0.3 is 19.0 Å².